The molecule has 1 aliphatic heterocycles. The van der Waals surface area contributed by atoms with Crippen LogP contribution in [-0.2, 0) is 4.74 Å². The molecular formula is C12H16F2N2O. The second-order valence-electron chi connectivity index (χ2n) is 3.50. The lowest BCUT2D eigenvalue weighted by atomic mass is 10.1. The van der Waals surface area contributed by atoms with Crippen LogP contribution in [0.1, 0.15) is 6.92 Å². The van der Waals surface area contributed by atoms with Crippen LogP contribution in [0.5, 0.6) is 0 Å². The number of methoxy groups -OCH3 is 1. The molecule has 1 atom stereocenters. The highest BCUT2D eigenvalue weighted by molar-refractivity contribution is 5.28. The molecule has 0 fully saturated rings. The first-order valence-corrected chi connectivity index (χ1v) is 5.18. The van der Waals surface area contributed by atoms with Crippen molar-refractivity contribution in [2.24, 2.45) is 0 Å². The maximum Gasteiger partial charge on any atom is 0.151 e. The minimum Gasteiger partial charge on any atom is -0.379 e. The summed E-state index contributed by atoms with van der Waals surface area (Å²) in [7, 11) is 1.50. The second-order valence-corrected chi connectivity index (χ2v) is 3.50. The van der Waals surface area contributed by atoms with Gasteiger partial charge in [-0.05, 0) is 19.1 Å². The van der Waals surface area contributed by atoms with Crippen molar-refractivity contribution in [1.29, 1.82) is 0 Å². The van der Waals surface area contributed by atoms with Crippen LogP contribution in [0.25, 0.3) is 0 Å². The van der Waals surface area contributed by atoms with E-state index in [1.165, 1.54) is 25.5 Å². The van der Waals surface area contributed by atoms with Crippen LogP contribution in [0.3, 0.4) is 0 Å². The van der Waals surface area contributed by atoms with Gasteiger partial charge in [-0.1, -0.05) is 6.58 Å². The molecule has 0 radical (unpaired) electrons. The summed E-state index contributed by atoms with van der Waals surface area (Å²) in [5, 5.41) is 5.50. The molecule has 5 heteroatoms. The summed E-state index contributed by atoms with van der Waals surface area (Å²) in [6.45, 7) is 5.36. The Morgan fingerprint density at radius 2 is 2.41 bits per heavy atom. The fourth-order valence-corrected chi connectivity index (χ4v) is 1.39. The molecule has 0 aromatic carbocycles. The average molecular weight is 242 g/mol. The molecule has 0 aliphatic carbocycles. The Labute approximate surface area is 99.5 Å². The minimum atomic E-state index is -0.431. The summed E-state index contributed by atoms with van der Waals surface area (Å²) in [5.41, 5.74) is 0.802. The first-order valence-electron chi connectivity index (χ1n) is 5.18. The fourth-order valence-electron chi connectivity index (χ4n) is 1.39. The van der Waals surface area contributed by atoms with Gasteiger partial charge < -0.3 is 15.4 Å². The summed E-state index contributed by atoms with van der Waals surface area (Å²) in [5.74, 6) is -0.827. The molecule has 1 rings (SSSR count). The van der Waals surface area contributed by atoms with Gasteiger partial charge in [0.2, 0.25) is 0 Å². The van der Waals surface area contributed by atoms with Crippen molar-refractivity contribution in [1.82, 2.24) is 10.6 Å². The van der Waals surface area contributed by atoms with Crippen LogP contribution in [0.15, 0.2) is 47.9 Å². The highest BCUT2D eigenvalue weighted by Crippen LogP contribution is 2.14. The molecule has 0 amide bonds. The van der Waals surface area contributed by atoms with Crippen molar-refractivity contribution in [3.8, 4) is 0 Å². The van der Waals surface area contributed by atoms with Gasteiger partial charge in [0.25, 0.3) is 0 Å². The van der Waals surface area contributed by atoms with Crippen LogP contribution in [0.2, 0.25) is 0 Å². The average Bonchev–Trinajstić information content (AvgIpc) is 2.35. The maximum absolute atomic E-state index is 13.1. The van der Waals surface area contributed by atoms with Crippen molar-refractivity contribution in [3.05, 3.63) is 47.9 Å². The Balaban J connectivity index is 2.61. The lowest BCUT2D eigenvalue weighted by Gasteiger charge is -2.23. The van der Waals surface area contributed by atoms with E-state index in [4.69, 9.17) is 4.74 Å². The first-order chi connectivity index (χ1) is 8.08. The maximum atomic E-state index is 13.1. The van der Waals surface area contributed by atoms with E-state index < -0.39 is 17.9 Å². The number of nitrogens with one attached hydrogen (secondary N) is 2. The molecule has 0 aromatic rings. The van der Waals surface area contributed by atoms with Crippen molar-refractivity contribution >= 4 is 0 Å². The number of rotatable bonds is 5. The number of hydrogen-bond acceptors (Lipinski definition) is 3. The Bertz CT molecular complexity index is 386. The third kappa shape index (κ3) is 3.71. The third-order valence-corrected chi connectivity index (χ3v) is 2.32. The first kappa shape index (κ1) is 13.4. The van der Waals surface area contributed by atoms with E-state index in [1.54, 1.807) is 6.92 Å². The Kier molecular flexibility index (Phi) is 4.90. The monoisotopic (exact) mass is 242 g/mol. The van der Waals surface area contributed by atoms with Crippen molar-refractivity contribution in [2.75, 3.05) is 13.7 Å². The van der Waals surface area contributed by atoms with Gasteiger partial charge in [-0.25, -0.2) is 8.78 Å². The SMILES string of the molecule is C=C(NCC1=CC(F)=CNC1OC)/C(F)=C\C. The third-order valence-electron chi connectivity index (χ3n) is 2.32. The summed E-state index contributed by atoms with van der Waals surface area (Å²) < 4.78 is 31.2. The predicted octanol–water partition coefficient (Wildman–Crippen LogP) is 2.28. The minimum absolute atomic E-state index is 0.165. The molecule has 1 aliphatic rings. The van der Waals surface area contributed by atoms with Crippen LogP contribution in [-0.4, -0.2) is 19.9 Å². The lowest BCUT2D eigenvalue weighted by molar-refractivity contribution is 0.111. The second kappa shape index (κ2) is 6.20. The highest BCUT2D eigenvalue weighted by Gasteiger charge is 2.17. The van der Waals surface area contributed by atoms with E-state index in [0.717, 1.165) is 0 Å². The van der Waals surface area contributed by atoms with E-state index in [2.05, 4.69) is 17.2 Å². The Morgan fingerprint density at radius 1 is 1.71 bits per heavy atom. The number of halogens is 2. The van der Waals surface area contributed by atoms with Crippen LogP contribution < -0.4 is 10.6 Å². The van der Waals surface area contributed by atoms with Crippen molar-refractivity contribution in [3.63, 3.8) is 0 Å². The molecule has 1 heterocycles. The summed E-state index contributed by atoms with van der Waals surface area (Å²) in [6, 6.07) is 0. The molecule has 17 heavy (non-hydrogen) atoms. The molecule has 2 N–H and O–H groups in total. The normalized spacial score (nSPS) is 20.2. The molecular weight excluding hydrogens is 226 g/mol. The van der Waals surface area contributed by atoms with Gasteiger partial charge in [0.1, 0.15) is 11.7 Å². The quantitative estimate of drug-likeness (QED) is 0.726. The fraction of sp³-hybridized carbons (Fsp3) is 0.333. The zero-order chi connectivity index (χ0) is 12.8. The van der Waals surface area contributed by atoms with E-state index in [0.29, 0.717) is 5.57 Å². The standard InChI is InChI=1S/C12H16F2N2O/c1-4-11(14)8(2)15-6-9-5-10(13)7-16-12(9)17-3/h4-5,7,12,15-16H,2,6H2,1,3H3/b11-4+. The number of dihydropyridines is 1. The number of allylic oxidation sites excluding steroid dienone is 4. The van der Waals surface area contributed by atoms with Gasteiger partial charge >= 0.3 is 0 Å². The largest absolute Gasteiger partial charge is 0.379 e. The Morgan fingerprint density at radius 3 is 3.00 bits per heavy atom. The molecule has 0 aromatic heterocycles. The van der Waals surface area contributed by atoms with E-state index >= 15 is 0 Å². The van der Waals surface area contributed by atoms with Crippen LogP contribution in [0.4, 0.5) is 8.78 Å². The zero-order valence-electron chi connectivity index (χ0n) is 9.89. The number of ether oxygens (including phenoxy) is 1. The number of hydrogen-bond donors (Lipinski definition) is 2. The lowest BCUT2D eigenvalue weighted by Crippen LogP contribution is -2.35. The topological polar surface area (TPSA) is 33.3 Å². The van der Waals surface area contributed by atoms with Gasteiger partial charge in [-0.3, -0.25) is 0 Å². The summed E-state index contributed by atoms with van der Waals surface area (Å²) >= 11 is 0. The molecule has 0 spiro atoms. The van der Waals surface area contributed by atoms with E-state index in [1.807, 2.05) is 0 Å². The van der Waals surface area contributed by atoms with Gasteiger partial charge in [0.05, 0.1) is 5.70 Å². The molecule has 3 nitrogen and oxygen atoms in total. The summed E-state index contributed by atoms with van der Waals surface area (Å²) in [6.07, 6.45) is 3.46. The molecule has 0 bridgehead atoms. The van der Waals surface area contributed by atoms with E-state index in [9.17, 15) is 8.78 Å². The summed E-state index contributed by atoms with van der Waals surface area (Å²) in [4.78, 5) is 0. The van der Waals surface area contributed by atoms with Gasteiger partial charge in [-0.2, -0.15) is 0 Å². The van der Waals surface area contributed by atoms with Crippen molar-refractivity contribution < 1.29 is 13.5 Å². The molecule has 94 valence electrons. The van der Waals surface area contributed by atoms with Crippen molar-refractivity contribution in [2.45, 2.75) is 13.2 Å². The van der Waals surface area contributed by atoms with E-state index in [-0.39, 0.29) is 12.2 Å². The smallest absolute Gasteiger partial charge is 0.151 e. The van der Waals surface area contributed by atoms with Crippen LogP contribution >= 0.6 is 0 Å². The van der Waals surface area contributed by atoms with Gasteiger partial charge in [0.15, 0.2) is 6.23 Å². The molecule has 0 saturated carbocycles. The van der Waals surface area contributed by atoms with Crippen LogP contribution in [0, 0.1) is 0 Å². The predicted molar refractivity (Wildman–Crippen MR) is 63.2 cm³/mol. The zero-order valence-corrected chi connectivity index (χ0v) is 9.89. The molecule has 1 unspecified atom stereocenters. The highest BCUT2D eigenvalue weighted by atomic mass is 19.1. The Hall–Kier alpha value is -1.62. The molecule has 0 saturated heterocycles. The van der Waals surface area contributed by atoms with Gasteiger partial charge in [-0.15, -0.1) is 0 Å². The van der Waals surface area contributed by atoms with Gasteiger partial charge in [0, 0.05) is 25.4 Å².